The molecule has 0 bridgehead atoms. The quantitative estimate of drug-likeness (QED) is 0.617. The van der Waals surface area contributed by atoms with Crippen LogP contribution in [0.2, 0.25) is 0 Å². The maximum Gasteiger partial charge on any atom is 0.213 e. The molecule has 0 atom stereocenters. The molecule has 4 heteroatoms. The highest BCUT2D eigenvalue weighted by molar-refractivity contribution is 9.08. The second kappa shape index (κ2) is 4.49. The first-order valence-corrected chi connectivity index (χ1v) is 5.55. The summed E-state index contributed by atoms with van der Waals surface area (Å²) in [5.41, 5.74) is 2.41. The number of halogens is 2. The molecule has 0 radical (unpaired) electrons. The van der Waals surface area contributed by atoms with Crippen LogP contribution in [0.1, 0.15) is 5.56 Å². The Morgan fingerprint density at radius 1 is 1.27 bits per heavy atom. The zero-order valence-electron chi connectivity index (χ0n) is 7.82. The van der Waals surface area contributed by atoms with E-state index in [0.717, 1.165) is 11.1 Å². The number of pyridine rings is 2. The van der Waals surface area contributed by atoms with Crippen LogP contribution in [0.25, 0.3) is 11.3 Å². The van der Waals surface area contributed by atoms with Gasteiger partial charge < -0.3 is 0 Å². The highest BCUT2D eigenvalue weighted by Crippen LogP contribution is 2.22. The zero-order valence-corrected chi connectivity index (χ0v) is 9.41. The summed E-state index contributed by atoms with van der Waals surface area (Å²) >= 11 is 3.35. The van der Waals surface area contributed by atoms with Gasteiger partial charge in [0.15, 0.2) is 0 Å². The lowest BCUT2D eigenvalue weighted by Crippen LogP contribution is -1.93. The van der Waals surface area contributed by atoms with Crippen molar-refractivity contribution >= 4 is 15.9 Å². The highest BCUT2D eigenvalue weighted by Gasteiger charge is 2.07. The van der Waals surface area contributed by atoms with Crippen LogP contribution in [0.15, 0.2) is 36.7 Å². The van der Waals surface area contributed by atoms with Gasteiger partial charge >= 0.3 is 0 Å². The van der Waals surface area contributed by atoms with E-state index in [9.17, 15) is 4.39 Å². The zero-order chi connectivity index (χ0) is 10.7. The van der Waals surface area contributed by atoms with Crippen LogP contribution < -0.4 is 0 Å². The maximum absolute atomic E-state index is 13.0. The van der Waals surface area contributed by atoms with Crippen LogP contribution in [-0.4, -0.2) is 9.97 Å². The monoisotopic (exact) mass is 266 g/mol. The Hall–Kier alpha value is -1.29. The minimum Gasteiger partial charge on any atom is -0.264 e. The molecule has 0 fully saturated rings. The molecule has 0 aliphatic rings. The van der Waals surface area contributed by atoms with Crippen LogP contribution in [0.4, 0.5) is 4.39 Å². The van der Waals surface area contributed by atoms with Crippen molar-refractivity contribution in [2.75, 3.05) is 0 Å². The van der Waals surface area contributed by atoms with Gasteiger partial charge in [0.2, 0.25) is 5.95 Å². The lowest BCUT2D eigenvalue weighted by atomic mass is 10.1. The molecule has 15 heavy (non-hydrogen) atoms. The highest BCUT2D eigenvalue weighted by atomic mass is 79.9. The summed E-state index contributed by atoms with van der Waals surface area (Å²) in [6, 6.07) is 6.75. The predicted octanol–water partition coefficient (Wildman–Crippen LogP) is 3.18. The summed E-state index contributed by atoms with van der Waals surface area (Å²) in [4.78, 5) is 7.87. The van der Waals surface area contributed by atoms with E-state index in [4.69, 9.17) is 0 Å². The number of aromatic nitrogens is 2. The standard InChI is InChI=1S/C11H8BrFN2/c12-6-8-3-4-10(13)15-11(8)9-2-1-5-14-7-9/h1-5,7H,6H2. The molecule has 0 unspecified atom stereocenters. The van der Waals surface area contributed by atoms with Crippen molar-refractivity contribution in [3.8, 4) is 11.3 Å². The van der Waals surface area contributed by atoms with Gasteiger partial charge in [-0.15, -0.1) is 0 Å². The van der Waals surface area contributed by atoms with Gasteiger partial charge in [-0.3, -0.25) is 4.98 Å². The van der Waals surface area contributed by atoms with Crippen LogP contribution in [0.3, 0.4) is 0 Å². The van der Waals surface area contributed by atoms with Crippen molar-refractivity contribution in [3.63, 3.8) is 0 Å². The summed E-state index contributed by atoms with van der Waals surface area (Å²) in [7, 11) is 0. The fourth-order valence-electron chi connectivity index (χ4n) is 1.32. The number of hydrogen-bond donors (Lipinski definition) is 0. The van der Waals surface area contributed by atoms with Gasteiger partial charge in [0.05, 0.1) is 5.69 Å². The van der Waals surface area contributed by atoms with Gasteiger partial charge in [-0.05, 0) is 23.8 Å². The van der Waals surface area contributed by atoms with E-state index >= 15 is 0 Å². The van der Waals surface area contributed by atoms with Crippen LogP contribution >= 0.6 is 15.9 Å². The van der Waals surface area contributed by atoms with E-state index in [1.165, 1.54) is 6.07 Å². The molecule has 0 amide bonds. The summed E-state index contributed by atoms with van der Waals surface area (Å²) in [5.74, 6) is -0.474. The molecule has 2 aromatic heterocycles. The smallest absolute Gasteiger partial charge is 0.213 e. The Morgan fingerprint density at radius 3 is 2.80 bits per heavy atom. The van der Waals surface area contributed by atoms with Gasteiger partial charge in [-0.1, -0.05) is 22.0 Å². The van der Waals surface area contributed by atoms with Crippen molar-refractivity contribution in [1.29, 1.82) is 0 Å². The van der Waals surface area contributed by atoms with Crippen molar-refractivity contribution in [2.24, 2.45) is 0 Å². The fourth-order valence-corrected chi connectivity index (χ4v) is 1.78. The average molecular weight is 267 g/mol. The molecule has 0 saturated heterocycles. The maximum atomic E-state index is 13.0. The van der Waals surface area contributed by atoms with E-state index in [1.807, 2.05) is 6.07 Å². The van der Waals surface area contributed by atoms with Crippen molar-refractivity contribution in [1.82, 2.24) is 9.97 Å². The largest absolute Gasteiger partial charge is 0.264 e. The summed E-state index contributed by atoms with van der Waals surface area (Å²) in [5, 5.41) is 0.643. The molecule has 76 valence electrons. The molecular weight excluding hydrogens is 259 g/mol. The van der Waals surface area contributed by atoms with Crippen molar-refractivity contribution in [2.45, 2.75) is 5.33 Å². The molecule has 0 spiro atoms. The lowest BCUT2D eigenvalue weighted by Gasteiger charge is -2.05. The first kappa shape index (κ1) is 10.2. The summed E-state index contributed by atoms with van der Waals surface area (Å²) in [6.07, 6.45) is 3.35. The third-order valence-corrected chi connectivity index (χ3v) is 2.63. The first-order chi connectivity index (χ1) is 7.31. The molecule has 0 saturated carbocycles. The molecule has 0 aromatic carbocycles. The van der Waals surface area contributed by atoms with E-state index < -0.39 is 5.95 Å². The Morgan fingerprint density at radius 2 is 2.13 bits per heavy atom. The Balaban J connectivity index is 2.56. The Bertz CT molecular complexity index is 459. The van der Waals surface area contributed by atoms with Crippen LogP contribution in [-0.2, 0) is 5.33 Å². The van der Waals surface area contributed by atoms with Gasteiger partial charge in [-0.25, -0.2) is 4.98 Å². The lowest BCUT2D eigenvalue weighted by molar-refractivity contribution is 0.584. The molecule has 2 rings (SSSR count). The Kier molecular flexibility index (Phi) is 3.06. The van der Waals surface area contributed by atoms with Crippen molar-refractivity contribution < 1.29 is 4.39 Å². The van der Waals surface area contributed by atoms with Gasteiger partial charge in [-0.2, -0.15) is 4.39 Å². The van der Waals surface area contributed by atoms with Crippen molar-refractivity contribution in [3.05, 3.63) is 48.2 Å². The molecule has 0 aliphatic carbocycles. The molecule has 2 heterocycles. The number of nitrogens with zero attached hydrogens (tertiary/aromatic N) is 2. The third kappa shape index (κ3) is 2.21. The molecule has 2 nitrogen and oxygen atoms in total. The van der Waals surface area contributed by atoms with Crippen LogP contribution in [0, 0.1) is 5.95 Å². The Labute approximate surface area is 95.3 Å². The normalized spacial score (nSPS) is 10.3. The molecular formula is C11H8BrFN2. The second-order valence-electron chi connectivity index (χ2n) is 3.02. The topological polar surface area (TPSA) is 25.8 Å². The van der Waals surface area contributed by atoms with Crippen LogP contribution in [0.5, 0.6) is 0 Å². The summed E-state index contributed by atoms with van der Waals surface area (Å²) in [6.45, 7) is 0. The van der Waals surface area contributed by atoms with Gasteiger partial charge in [0.25, 0.3) is 0 Å². The van der Waals surface area contributed by atoms with E-state index in [2.05, 4.69) is 25.9 Å². The number of hydrogen-bond acceptors (Lipinski definition) is 2. The minimum absolute atomic E-state index is 0.474. The predicted molar refractivity (Wildman–Crippen MR) is 60.1 cm³/mol. The van der Waals surface area contributed by atoms with Gasteiger partial charge in [0.1, 0.15) is 0 Å². The number of alkyl halides is 1. The molecule has 0 N–H and O–H groups in total. The van der Waals surface area contributed by atoms with E-state index in [0.29, 0.717) is 11.0 Å². The second-order valence-corrected chi connectivity index (χ2v) is 3.58. The first-order valence-electron chi connectivity index (χ1n) is 4.43. The van der Waals surface area contributed by atoms with E-state index in [-0.39, 0.29) is 0 Å². The van der Waals surface area contributed by atoms with Gasteiger partial charge in [0, 0.05) is 23.3 Å². The SMILES string of the molecule is Fc1ccc(CBr)c(-c2cccnc2)n1. The molecule has 2 aromatic rings. The average Bonchev–Trinajstić information content (AvgIpc) is 2.30. The fraction of sp³-hybridized carbons (Fsp3) is 0.0909. The molecule has 0 aliphatic heterocycles. The summed E-state index contributed by atoms with van der Waals surface area (Å²) < 4.78 is 13.0. The number of rotatable bonds is 2. The van der Waals surface area contributed by atoms with E-state index in [1.54, 1.807) is 24.5 Å². The minimum atomic E-state index is -0.474. The third-order valence-electron chi connectivity index (χ3n) is 2.02.